The Balaban J connectivity index is 1.07. The Morgan fingerprint density at radius 3 is 1.96 bits per heavy atom. The first kappa shape index (κ1) is 31.7. The van der Waals surface area contributed by atoms with Crippen LogP contribution in [0.2, 0.25) is 0 Å². The number of hydrogen-bond acceptors (Lipinski definition) is 2. The van der Waals surface area contributed by atoms with Crippen LogP contribution in [0.4, 0.5) is 17.1 Å². The highest BCUT2D eigenvalue weighted by Crippen LogP contribution is 2.59. The molecule has 1 aromatic heterocycles. The van der Waals surface area contributed by atoms with Gasteiger partial charge in [-0.25, -0.2) is 0 Å². The summed E-state index contributed by atoms with van der Waals surface area (Å²) in [6, 6.07) is 65.3. The second-order valence-corrected chi connectivity index (χ2v) is 16.4. The Bertz CT molecular complexity index is 3070. The van der Waals surface area contributed by atoms with Crippen molar-refractivity contribution in [3.63, 3.8) is 0 Å². The molecule has 3 aliphatic rings. The van der Waals surface area contributed by atoms with Crippen LogP contribution < -0.4 is 4.90 Å². The van der Waals surface area contributed by atoms with Crippen molar-refractivity contribution < 1.29 is 4.42 Å². The molecule has 1 spiro atoms. The Labute approximate surface area is 327 Å². The van der Waals surface area contributed by atoms with Crippen LogP contribution in [-0.4, -0.2) is 0 Å². The highest BCUT2D eigenvalue weighted by Gasteiger charge is 2.48. The maximum absolute atomic E-state index is 6.49. The van der Waals surface area contributed by atoms with Crippen molar-refractivity contribution >= 4 is 39.0 Å². The zero-order chi connectivity index (χ0) is 37.2. The standard InChI is InChI=1S/C54H39NO/c1-53(2)45-20-8-4-15-40(45)42-18-11-17-38(52(42)53)34-25-27-36(28-26-34)55(48-22-12-24-50-51(48)43-16-6-10-23-49(43)56-50)37-29-30-41-39-14-5-9-21-46(39)54(47(41)33-37)32-31-35-13-3-7-19-44(35)54/h3-30,33H,31-32H2,1-2H3. The molecule has 1 atom stereocenters. The van der Waals surface area contributed by atoms with Gasteiger partial charge >= 0.3 is 0 Å². The second kappa shape index (κ2) is 11.4. The zero-order valence-electron chi connectivity index (χ0n) is 31.5. The fourth-order valence-electron chi connectivity index (χ4n) is 10.9. The largest absolute Gasteiger partial charge is 0.456 e. The van der Waals surface area contributed by atoms with E-state index in [1.165, 1.54) is 66.8 Å². The van der Waals surface area contributed by atoms with E-state index in [9.17, 15) is 0 Å². The smallest absolute Gasteiger partial charge is 0.137 e. The second-order valence-electron chi connectivity index (χ2n) is 16.4. The number of furan rings is 1. The quantitative estimate of drug-likeness (QED) is 0.180. The van der Waals surface area contributed by atoms with Gasteiger partial charge in [-0.15, -0.1) is 0 Å². The molecule has 0 fully saturated rings. The van der Waals surface area contributed by atoms with Crippen molar-refractivity contribution in [2.45, 2.75) is 37.5 Å². The van der Waals surface area contributed by atoms with Gasteiger partial charge in [-0.05, 0) is 122 Å². The number of benzene rings is 8. The molecule has 0 saturated carbocycles. The van der Waals surface area contributed by atoms with Crippen LogP contribution in [0, 0.1) is 0 Å². The van der Waals surface area contributed by atoms with Crippen LogP contribution in [0.3, 0.4) is 0 Å². The van der Waals surface area contributed by atoms with Crippen LogP contribution in [0.15, 0.2) is 180 Å². The molecule has 0 amide bonds. The van der Waals surface area contributed by atoms with E-state index in [-0.39, 0.29) is 10.8 Å². The first-order valence-corrected chi connectivity index (χ1v) is 19.9. The molecular weight excluding hydrogens is 679 g/mol. The normalized spacial score (nSPS) is 16.8. The summed E-state index contributed by atoms with van der Waals surface area (Å²) in [6.45, 7) is 4.74. The molecule has 0 saturated heterocycles. The minimum absolute atomic E-state index is 0.0952. The van der Waals surface area contributed by atoms with E-state index in [0.717, 1.165) is 51.8 Å². The number of nitrogens with zero attached hydrogens (tertiary/aromatic N) is 1. The molecule has 8 aromatic carbocycles. The molecule has 9 aromatic rings. The van der Waals surface area contributed by atoms with Gasteiger partial charge in [0.2, 0.25) is 0 Å². The summed E-state index contributed by atoms with van der Waals surface area (Å²) in [6.07, 6.45) is 2.14. The van der Waals surface area contributed by atoms with Gasteiger partial charge in [0, 0.05) is 27.6 Å². The van der Waals surface area contributed by atoms with Crippen LogP contribution in [-0.2, 0) is 17.3 Å². The average molecular weight is 718 g/mol. The van der Waals surface area contributed by atoms with Crippen molar-refractivity contribution in [3.05, 3.63) is 209 Å². The van der Waals surface area contributed by atoms with E-state index in [1.807, 2.05) is 0 Å². The van der Waals surface area contributed by atoms with Crippen molar-refractivity contribution in [1.29, 1.82) is 0 Å². The molecule has 1 unspecified atom stereocenters. The minimum atomic E-state index is -0.180. The van der Waals surface area contributed by atoms with E-state index >= 15 is 0 Å². The summed E-state index contributed by atoms with van der Waals surface area (Å²) in [5.41, 5.74) is 21.3. The summed E-state index contributed by atoms with van der Waals surface area (Å²) < 4.78 is 6.49. The lowest BCUT2D eigenvalue weighted by Crippen LogP contribution is -2.24. The average Bonchev–Trinajstić information content (AvgIpc) is 3.97. The number of anilines is 3. The fraction of sp³-hybridized carbons (Fsp3) is 0.111. The summed E-state index contributed by atoms with van der Waals surface area (Å²) in [5.74, 6) is 0. The first-order valence-electron chi connectivity index (χ1n) is 19.9. The van der Waals surface area contributed by atoms with Crippen molar-refractivity contribution in [2.24, 2.45) is 0 Å². The summed E-state index contributed by atoms with van der Waals surface area (Å²) in [4.78, 5) is 2.46. The van der Waals surface area contributed by atoms with Crippen LogP contribution in [0.5, 0.6) is 0 Å². The van der Waals surface area contributed by atoms with Gasteiger partial charge in [0.15, 0.2) is 0 Å². The number of hydrogen-bond donors (Lipinski definition) is 0. The van der Waals surface area contributed by atoms with Crippen LogP contribution in [0.25, 0.3) is 55.3 Å². The highest BCUT2D eigenvalue weighted by atomic mass is 16.3. The Kier molecular flexibility index (Phi) is 6.47. The monoisotopic (exact) mass is 717 g/mol. The van der Waals surface area contributed by atoms with Gasteiger partial charge in [-0.3, -0.25) is 0 Å². The number of aryl methyl sites for hydroxylation is 1. The maximum Gasteiger partial charge on any atom is 0.137 e. The van der Waals surface area contributed by atoms with E-state index in [1.54, 1.807) is 0 Å². The SMILES string of the molecule is CC1(C)c2ccccc2-c2cccc(-c3ccc(N(c4ccc5c(c4)C4(CCc6ccccc64)c4ccccc4-5)c4cccc5oc6ccccc6c45)cc3)c21. The minimum Gasteiger partial charge on any atom is -0.456 e. The van der Waals surface area contributed by atoms with Gasteiger partial charge in [-0.2, -0.15) is 0 Å². The fourth-order valence-corrected chi connectivity index (χ4v) is 10.9. The van der Waals surface area contributed by atoms with Crippen LogP contribution in [0.1, 0.15) is 53.6 Å². The Morgan fingerprint density at radius 1 is 0.482 bits per heavy atom. The third-order valence-electron chi connectivity index (χ3n) is 13.3. The van der Waals surface area contributed by atoms with Gasteiger partial charge in [0.25, 0.3) is 0 Å². The molecular formula is C54H39NO. The molecule has 0 radical (unpaired) electrons. The Morgan fingerprint density at radius 2 is 1.11 bits per heavy atom. The lowest BCUT2D eigenvalue weighted by atomic mass is 9.73. The van der Waals surface area contributed by atoms with E-state index < -0.39 is 0 Å². The van der Waals surface area contributed by atoms with Gasteiger partial charge in [-0.1, -0.05) is 147 Å². The molecule has 12 rings (SSSR count). The van der Waals surface area contributed by atoms with Crippen molar-refractivity contribution in [1.82, 2.24) is 0 Å². The lowest BCUT2D eigenvalue weighted by molar-refractivity contribution is 0.626. The molecule has 56 heavy (non-hydrogen) atoms. The molecule has 2 heteroatoms. The van der Waals surface area contributed by atoms with Gasteiger partial charge in [0.05, 0.1) is 11.1 Å². The van der Waals surface area contributed by atoms with Crippen molar-refractivity contribution in [3.8, 4) is 33.4 Å². The molecule has 0 bridgehead atoms. The molecule has 3 aliphatic carbocycles. The third kappa shape index (κ3) is 4.16. The Hall–Kier alpha value is -6.64. The lowest BCUT2D eigenvalue weighted by Gasteiger charge is -2.31. The van der Waals surface area contributed by atoms with Crippen molar-refractivity contribution in [2.75, 3.05) is 4.90 Å². The highest BCUT2D eigenvalue weighted by molar-refractivity contribution is 6.13. The number of rotatable bonds is 4. The van der Waals surface area contributed by atoms with Gasteiger partial charge < -0.3 is 9.32 Å². The first-order chi connectivity index (χ1) is 27.5. The molecule has 2 nitrogen and oxygen atoms in total. The topological polar surface area (TPSA) is 16.4 Å². The summed E-state index contributed by atoms with van der Waals surface area (Å²) >= 11 is 0. The van der Waals surface area contributed by atoms with Crippen LogP contribution >= 0.6 is 0 Å². The maximum atomic E-state index is 6.49. The summed E-state index contributed by atoms with van der Waals surface area (Å²) in [5, 5.41) is 2.24. The van der Waals surface area contributed by atoms with E-state index in [4.69, 9.17) is 4.42 Å². The predicted molar refractivity (Wildman–Crippen MR) is 231 cm³/mol. The number of fused-ring (bicyclic) bond motifs is 13. The van der Waals surface area contributed by atoms with E-state index in [2.05, 4.69) is 195 Å². The molecule has 266 valence electrons. The third-order valence-corrected chi connectivity index (χ3v) is 13.3. The van der Waals surface area contributed by atoms with Gasteiger partial charge in [0.1, 0.15) is 11.2 Å². The molecule has 1 heterocycles. The molecule has 0 N–H and O–H groups in total. The predicted octanol–water partition coefficient (Wildman–Crippen LogP) is 14.3. The zero-order valence-corrected chi connectivity index (χ0v) is 31.5. The molecule has 0 aliphatic heterocycles. The van der Waals surface area contributed by atoms with E-state index in [0.29, 0.717) is 0 Å². The summed E-state index contributed by atoms with van der Waals surface area (Å²) in [7, 11) is 0. The number of para-hydroxylation sites is 1.